The summed E-state index contributed by atoms with van der Waals surface area (Å²) in [7, 11) is 1.45. The van der Waals surface area contributed by atoms with Crippen molar-refractivity contribution >= 4 is 12.0 Å². The molecule has 0 unspecified atom stereocenters. The Bertz CT molecular complexity index is 1320. The van der Waals surface area contributed by atoms with E-state index in [0.717, 1.165) is 22.3 Å². The molecule has 0 saturated carbocycles. The average molecular weight is 568 g/mol. The molecule has 0 aliphatic heterocycles. The van der Waals surface area contributed by atoms with E-state index >= 15 is 0 Å². The standard InChI is InChI=1S/C35H37NO6/c1-38-36-22-33(40-24-29-16-8-3-9-17-29)35(42-26-31-20-12-5-13-21-31)34(41-25-30-18-10-4-11-19-30)32(37)27-39-23-28-14-6-2-7-15-28/h2-22,33-35H,23-27H2,1H3/b36-22+/t33-,34+,35+/m0/s1. The van der Waals surface area contributed by atoms with Gasteiger partial charge in [0.05, 0.1) is 32.6 Å². The number of ether oxygens (including phenoxy) is 4. The molecule has 7 nitrogen and oxygen atoms in total. The smallest absolute Gasteiger partial charge is 0.189 e. The largest absolute Gasteiger partial charge is 0.399 e. The second-order valence-electron chi connectivity index (χ2n) is 9.62. The summed E-state index contributed by atoms with van der Waals surface area (Å²) in [6.45, 7) is 0.852. The number of carbonyl (C=O) groups excluding carboxylic acids is 1. The van der Waals surface area contributed by atoms with Gasteiger partial charge >= 0.3 is 0 Å². The van der Waals surface area contributed by atoms with Gasteiger partial charge in [0, 0.05) is 0 Å². The first-order chi connectivity index (χ1) is 20.7. The fraction of sp³-hybridized carbons (Fsp3) is 0.257. The van der Waals surface area contributed by atoms with Gasteiger partial charge in [0.15, 0.2) is 5.78 Å². The zero-order chi connectivity index (χ0) is 29.2. The summed E-state index contributed by atoms with van der Waals surface area (Å²) in [6.07, 6.45) is -1.14. The van der Waals surface area contributed by atoms with Crippen LogP contribution >= 0.6 is 0 Å². The third-order valence-electron chi connectivity index (χ3n) is 6.45. The Labute approximate surface area is 247 Å². The highest BCUT2D eigenvalue weighted by Gasteiger charge is 2.37. The van der Waals surface area contributed by atoms with Crippen LogP contribution in [0, 0.1) is 0 Å². The van der Waals surface area contributed by atoms with Crippen molar-refractivity contribution in [3.05, 3.63) is 144 Å². The Kier molecular flexibility index (Phi) is 12.9. The quantitative estimate of drug-likeness (QED) is 0.106. The maximum Gasteiger partial charge on any atom is 0.189 e. The van der Waals surface area contributed by atoms with E-state index in [4.69, 9.17) is 23.8 Å². The second-order valence-corrected chi connectivity index (χ2v) is 9.62. The third kappa shape index (κ3) is 10.4. The van der Waals surface area contributed by atoms with E-state index in [0.29, 0.717) is 6.61 Å². The Hall–Kier alpha value is -4.14. The topological polar surface area (TPSA) is 75.6 Å². The number of benzene rings is 4. The van der Waals surface area contributed by atoms with Gasteiger partial charge in [0.25, 0.3) is 0 Å². The highest BCUT2D eigenvalue weighted by atomic mass is 16.6. The maximum atomic E-state index is 13.8. The Morgan fingerprint density at radius 2 is 1.05 bits per heavy atom. The van der Waals surface area contributed by atoms with E-state index in [1.54, 1.807) is 0 Å². The first-order valence-electron chi connectivity index (χ1n) is 13.9. The molecule has 7 heteroatoms. The molecule has 0 fully saturated rings. The zero-order valence-electron chi connectivity index (χ0n) is 23.8. The van der Waals surface area contributed by atoms with Crippen LogP contribution in [0.2, 0.25) is 0 Å². The predicted octanol–water partition coefficient (Wildman–Crippen LogP) is 6.16. The number of Topliss-reactive ketones (excluding diaryl/α,β-unsaturated/α-hetero) is 1. The fourth-order valence-electron chi connectivity index (χ4n) is 4.29. The highest BCUT2D eigenvalue weighted by Crippen LogP contribution is 2.19. The van der Waals surface area contributed by atoms with Crippen molar-refractivity contribution in [2.45, 2.75) is 44.7 Å². The molecule has 0 amide bonds. The monoisotopic (exact) mass is 567 g/mol. The Morgan fingerprint density at radius 3 is 1.52 bits per heavy atom. The van der Waals surface area contributed by atoms with Gasteiger partial charge in [0.2, 0.25) is 0 Å². The number of hydrogen-bond donors (Lipinski definition) is 0. The molecule has 218 valence electrons. The fourth-order valence-corrected chi connectivity index (χ4v) is 4.29. The van der Waals surface area contributed by atoms with Crippen LogP contribution in [0.1, 0.15) is 22.3 Å². The minimum atomic E-state index is -1.02. The van der Waals surface area contributed by atoms with Crippen LogP contribution in [0.4, 0.5) is 0 Å². The van der Waals surface area contributed by atoms with Gasteiger partial charge in [-0.05, 0) is 22.3 Å². The summed E-state index contributed by atoms with van der Waals surface area (Å²) in [4.78, 5) is 18.8. The predicted molar refractivity (Wildman–Crippen MR) is 162 cm³/mol. The molecule has 4 aromatic carbocycles. The molecule has 0 bridgehead atoms. The molecular formula is C35H37NO6. The van der Waals surface area contributed by atoms with Crippen LogP contribution in [0.15, 0.2) is 126 Å². The molecule has 4 aromatic rings. The minimum Gasteiger partial charge on any atom is -0.399 e. The lowest BCUT2D eigenvalue weighted by atomic mass is 10.0. The number of oxime groups is 1. The van der Waals surface area contributed by atoms with Gasteiger partial charge in [-0.1, -0.05) is 126 Å². The summed E-state index contributed by atoms with van der Waals surface area (Å²) in [5, 5.41) is 3.99. The number of hydrogen-bond acceptors (Lipinski definition) is 7. The molecule has 0 aromatic heterocycles. The third-order valence-corrected chi connectivity index (χ3v) is 6.45. The Balaban J connectivity index is 1.59. The van der Waals surface area contributed by atoms with Crippen LogP contribution in [-0.2, 0) is 55.0 Å². The van der Waals surface area contributed by atoms with E-state index in [1.807, 2.05) is 121 Å². The first kappa shape index (κ1) is 30.8. The van der Waals surface area contributed by atoms with Crippen LogP contribution in [0.3, 0.4) is 0 Å². The lowest BCUT2D eigenvalue weighted by molar-refractivity contribution is -0.162. The van der Waals surface area contributed by atoms with Crippen LogP contribution in [0.5, 0.6) is 0 Å². The molecule has 0 heterocycles. The molecule has 3 atom stereocenters. The van der Waals surface area contributed by atoms with E-state index in [2.05, 4.69) is 5.16 Å². The molecular weight excluding hydrogens is 530 g/mol. The summed E-state index contributed by atoms with van der Waals surface area (Å²) in [6, 6.07) is 38.9. The maximum absolute atomic E-state index is 13.8. The summed E-state index contributed by atoms with van der Waals surface area (Å²) >= 11 is 0. The summed E-state index contributed by atoms with van der Waals surface area (Å²) < 4.78 is 24.9. The average Bonchev–Trinajstić information content (AvgIpc) is 3.05. The molecule has 0 saturated heterocycles. The zero-order valence-corrected chi connectivity index (χ0v) is 23.8. The molecule has 0 N–H and O–H groups in total. The minimum absolute atomic E-state index is 0.160. The van der Waals surface area contributed by atoms with Crippen molar-refractivity contribution in [2.24, 2.45) is 5.16 Å². The van der Waals surface area contributed by atoms with E-state index in [-0.39, 0.29) is 32.2 Å². The van der Waals surface area contributed by atoms with Gasteiger partial charge in [0.1, 0.15) is 32.0 Å². The van der Waals surface area contributed by atoms with E-state index in [9.17, 15) is 4.79 Å². The number of rotatable bonds is 18. The molecule has 0 spiro atoms. The lowest BCUT2D eigenvalue weighted by Crippen LogP contribution is -2.48. The number of ketones is 1. The molecule has 0 aliphatic rings. The van der Waals surface area contributed by atoms with Gasteiger partial charge in [-0.25, -0.2) is 0 Å². The lowest BCUT2D eigenvalue weighted by Gasteiger charge is -2.31. The van der Waals surface area contributed by atoms with Crippen molar-refractivity contribution in [1.82, 2.24) is 0 Å². The van der Waals surface area contributed by atoms with Gasteiger partial charge < -0.3 is 23.8 Å². The summed E-state index contributed by atoms with van der Waals surface area (Å²) in [5.74, 6) is -0.265. The second kappa shape index (κ2) is 17.6. The van der Waals surface area contributed by atoms with Crippen molar-refractivity contribution < 1.29 is 28.6 Å². The van der Waals surface area contributed by atoms with Gasteiger partial charge in [-0.15, -0.1) is 0 Å². The van der Waals surface area contributed by atoms with Crippen LogP contribution in [0.25, 0.3) is 0 Å². The molecule has 42 heavy (non-hydrogen) atoms. The van der Waals surface area contributed by atoms with Gasteiger partial charge in [-0.2, -0.15) is 0 Å². The van der Waals surface area contributed by atoms with E-state index in [1.165, 1.54) is 13.3 Å². The van der Waals surface area contributed by atoms with Crippen molar-refractivity contribution in [2.75, 3.05) is 13.7 Å². The highest BCUT2D eigenvalue weighted by molar-refractivity contribution is 5.85. The van der Waals surface area contributed by atoms with Gasteiger partial charge in [-0.3, -0.25) is 4.79 Å². The van der Waals surface area contributed by atoms with Crippen molar-refractivity contribution in [1.29, 1.82) is 0 Å². The van der Waals surface area contributed by atoms with E-state index < -0.39 is 18.3 Å². The van der Waals surface area contributed by atoms with Crippen molar-refractivity contribution in [3.8, 4) is 0 Å². The Morgan fingerprint density at radius 1 is 0.619 bits per heavy atom. The van der Waals surface area contributed by atoms with Crippen molar-refractivity contribution in [3.63, 3.8) is 0 Å². The number of nitrogens with zero attached hydrogens (tertiary/aromatic N) is 1. The van der Waals surface area contributed by atoms with Crippen LogP contribution < -0.4 is 0 Å². The first-order valence-corrected chi connectivity index (χ1v) is 13.9. The molecule has 0 radical (unpaired) electrons. The number of carbonyl (C=O) groups is 1. The molecule has 0 aliphatic carbocycles. The SMILES string of the molecule is CO/N=C/[C@H](OCc1ccccc1)[C@@H](OCc1ccccc1)[C@H](OCc1ccccc1)C(=O)COCc1ccccc1. The summed E-state index contributed by atoms with van der Waals surface area (Å²) in [5.41, 5.74) is 3.81. The molecule has 4 rings (SSSR count). The van der Waals surface area contributed by atoms with Crippen LogP contribution in [-0.4, -0.2) is 44.0 Å². The normalized spacial score (nSPS) is 13.5.